The minimum atomic E-state index is -0.417. The van der Waals surface area contributed by atoms with Crippen LogP contribution in [0.2, 0.25) is 0 Å². The quantitative estimate of drug-likeness (QED) is 0.848. The van der Waals surface area contributed by atoms with E-state index in [2.05, 4.69) is 16.8 Å². The van der Waals surface area contributed by atoms with Crippen molar-refractivity contribution in [1.82, 2.24) is 19.2 Å². The maximum absolute atomic E-state index is 12.5. The molecule has 0 aromatic carbocycles. The third-order valence-corrected chi connectivity index (χ3v) is 5.72. The van der Waals surface area contributed by atoms with Gasteiger partial charge in [-0.15, -0.1) is 11.3 Å². The van der Waals surface area contributed by atoms with Crippen LogP contribution in [0, 0.1) is 5.92 Å². The Morgan fingerprint density at radius 2 is 2.08 bits per heavy atom. The van der Waals surface area contributed by atoms with Crippen LogP contribution in [0.3, 0.4) is 0 Å². The van der Waals surface area contributed by atoms with Gasteiger partial charge in [0.05, 0.1) is 11.7 Å². The summed E-state index contributed by atoms with van der Waals surface area (Å²) in [6.45, 7) is 7.57. The van der Waals surface area contributed by atoms with Crippen molar-refractivity contribution in [3.8, 4) is 0 Å². The van der Waals surface area contributed by atoms with Crippen molar-refractivity contribution < 1.29 is 4.79 Å². The van der Waals surface area contributed by atoms with Crippen molar-refractivity contribution in [2.45, 2.75) is 32.9 Å². The standard InChI is InChI=1S/C17H25N5O2S/c1-3-12(2)15(18)16(24)21-6-4-20(5-7-21)11-13-10-14(23)22-8-9-25-17(22)19-13/h8-10,12,15H,3-7,11,18H2,1-2H3. The number of nitrogens with zero attached hydrogens (tertiary/aromatic N) is 4. The number of amides is 1. The Kier molecular flexibility index (Phi) is 5.51. The molecule has 2 unspecified atom stereocenters. The predicted octanol–water partition coefficient (Wildman–Crippen LogP) is 0.774. The highest BCUT2D eigenvalue weighted by molar-refractivity contribution is 7.15. The van der Waals surface area contributed by atoms with Gasteiger partial charge in [0.15, 0.2) is 4.96 Å². The van der Waals surface area contributed by atoms with E-state index in [1.54, 1.807) is 16.7 Å². The average molecular weight is 363 g/mol. The van der Waals surface area contributed by atoms with Gasteiger partial charge in [-0.1, -0.05) is 20.3 Å². The van der Waals surface area contributed by atoms with Crippen LogP contribution >= 0.6 is 11.3 Å². The first-order valence-electron chi connectivity index (χ1n) is 8.72. The van der Waals surface area contributed by atoms with Crippen molar-refractivity contribution in [2.24, 2.45) is 11.7 Å². The van der Waals surface area contributed by atoms with Gasteiger partial charge in [-0.05, 0) is 5.92 Å². The third kappa shape index (κ3) is 3.91. The molecule has 1 saturated heterocycles. The summed E-state index contributed by atoms with van der Waals surface area (Å²) in [5.41, 5.74) is 6.80. The summed E-state index contributed by atoms with van der Waals surface area (Å²) in [6, 6.07) is 1.18. The number of thiazole rings is 1. The molecule has 3 heterocycles. The normalized spacial score (nSPS) is 18.4. The van der Waals surface area contributed by atoms with Crippen LogP contribution in [0.5, 0.6) is 0 Å². The zero-order valence-electron chi connectivity index (χ0n) is 14.7. The fraction of sp³-hybridized carbons (Fsp3) is 0.588. The Bertz CT molecular complexity index is 794. The van der Waals surface area contributed by atoms with Crippen molar-refractivity contribution >= 4 is 22.2 Å². The fourth-order valence-electron chi connectivity index (χ4n) is 3.03. The number of aromatic nitrogens is 2. The summed E-state index contributed by atoms with van der Waals surface area (Å²) in [5.74, 6) is 0.241. The lowest BCUT2D eigenvalue weighted by Crippen LogP contribution is -2.54. The molecule has 136 valence electrons. The number of nitrogens with two attached hydrogens (primary N) is 1. The number of piperazine rings is 1. The molecule has 2 N–H and O–H groups in total. The highest BCUT2D eigenvalue weighted by atomic mass is 32.1. The number of hydrogen-bond acceptors (Lipinski definition) is 6. The molecule has 1 aliphatic heterocycles. The summed E-state index contributed by atoms with van der Waals surface area (Å²) >= 11 is 1.46. The molecule has 0 saturated carbocycles. The Hall–Kier alpha value is -1.77. The molecule has 25 heavy (non-hydrogen) atoms. The maximum Gasteiger partial charge on any atom is 0.258 e. The molecule has 1 amide bonds. The average Bonchev–Trinajstić information content (AvgIpc) is 3.09. The fourth-order valence-corrected chi connectivity index (χ4v) is 3.77. The Morgan fingerprint density at radius 3 is 2.76 bits per heavy atom. The van der Waals surface area contributed by atoms with Crippen LogP contribution in [0.4, 0.5) is 0 Å². The molecule has 1 aliphatic rings. The van der Waals surface area contributed by atoms with E-state index in [1.165, 1.54) is 11.3 Å². The van der Waals surface area contributed by atoms with E-state index in [-0.39, 0.29) is 17.4 Å². The number of carbonyl (C=O) groups is 1. The van der Waals surface area contributed by atoms with Crippen molar-refractivity contribution in [2.75, 3.05) is 26.2 Å². The summed E-state index contributed by atoms with van der Waals surface area (Å²) in [6.07, 6.45) is 2.64. The van der Waals surface area contributed by atoms with Gasteiger partial charge < -0.3 is 10.6 Å². The van der Waals surface area contributed by atoms with E-state index in [4.69, 9.17) is 5.73 Å². The van der Waals surface area contributed by atoms with E-state index in [0.29, 0.717) is 19.6 Å². The first kappa shape index (κ1) is 18.0. The van der Waals surface area contributed by atoms with Crippen LogP contribution < -0.4 is 11.3 Å². The molecule has 7 nitrogen and oxygen atoms in total. The second-order valence-corrected chi connectivity index (χ2v) is 7.53. The monoisotopic (exact) mass is 363 g/mol. The van der Waals surface area contributed by atoms with E-state index in [9.17, 15) is 9.59 Å². The first-order chi connectivity index (χ1) is 12.0. The lowest BCUT2D eigenvalue weighted by Gasteiger charge is -2.36. The number of fused-ring (bicyclic) bond motifs is 1. The van der Waals surface area contributed by atoms with Gasteiger partial charge >= 0.3 is 0 Å². The second-order valence-electron chi connectivity index (χ2n) is 6.65. The Morgan fingerprint density at radius 1 is 1.36 bits per heavy atom. The third-order valence-electron chi connectivity index (χ3n) is 4.97. The SMILES string of the molecule is CCC(C)C(N)C(=O)N1CCN(Cc2cc(=O)n3ccsc3n2)CC1. The molecule has 0 spiro atoms. The number of rotatable bonds is 5. The molecule has 1 fully saturated rings. The zero-order valence-corrected chi connectivity index (χ0v) is 15.5. The number of hydrogen-bond donors (Lipinski definition) is 1. The molecular weight excluding hydrogens is 338 g/mol. The van der Waals surface area contributed by atoms with E-state index >= 15 is 0 Å². The molecule has 2 aromatic rings. The molecule has 0 bridgehead atoms. The largest absolute Gasteiger partial charge is 0.339 e. The van der Waals surface area contributed by atoms with Crippen LogP contribution in [-0.2, 0) is 11.3 Å². The molecule has 0 aliphatic carbocycles. The summed E-state index contributed by atoms with van der Waals surface area (Å²) in [5, 5.41) is 1.86. The summed E-state index contributed by atoms with van der Waals surface area (Å²) in [7, 11) is 0. The molecule has 2 aromatic heterocycles. The lowest BCUT2D eigenvalue weighted by molar-refractivity contribution is -0.135. The van der Waals surface area contributed by atoms with Crippen LogP contribution in [0.1, 0.15) is 26.0 Å². The van der Waals surface area contributed by atoms with Crippen molar-refractivity contribution in [3.63, 3.8) is 0 Å². The van der Waals surface area contributed by atoms with Crippen LogP contribution in [0.15, 0.2) is 22.4 Å². The lowest BCUT2D eigenvalue weighted by atomic mass is 9.98. The van der Waals surface area contributed by atoms with Gasteiger partial charge in [-0.25, -0.2) is 4.98 Å². The van der Waals surface area contributed by atoms with Gasteiger partial charge in [0.1, 0.15) is 0 Å². The molecular formula is C17H25N5O2S. The maximum atomic E-state index is 12.5. The second kappa shape index (κ2) is 7.63. The van der Waals surface area contributed by atoms with E-state index in [0.717, 1.165) is 30.2 Å². The molecule has 8 heteroatoms. The molecule has 3 rings (SSSR count). The molecule has 0 radical (unpaired) electrons. The minimum Gasteiger partial charge on any atom is -0.339 e. The highest BCUT2D eigenvalue weighted by Gasteiger charge is 2.27. The van der Waals surface area contributed by atoms with E-state index in [1.807, 2.05) is 17.2 Å². The Labute approximate surface area is 151 Å². The van der Waals surface area contributed by atoms with Gasteiger partial charge in [0.25, 0.3) is 5.56 Å². The molecule has 2 atom stereocenters. The van der Waals surface area contributed by atoms with Crippen molar-refractivity contribution in [1.29, 1.82) is 0 Å². The van der Waals surface area contributed by atoms with Crippen LogP contribution in [-0.4, -0.2) is 57.3 Å². The van der Waals surface area contributed by atoms with Crippen LogP contribution in [0.25, 0.3) is 4.96 Å². The summed E-state index contributed by atoms with van der Waals surface area (Å²) in [4.78, 5) is 33.9. The minimum absolute atomic E-state index is 0.0466. The summed E-state index contributed by atoms with van der Waals surface area (Å²) < 4.78 is 1.56. The smallest absolute Gasteiger partial charge is 0.258 e. The van der Waals surface area contributed by atoms with Gasteiger partial charge in [0, 0.05) is 50.4 Å². The highest BCUT2D eigenvalue weighted by Crippen LogP contribution is 2.13. The van der Waals surface area contributed by atoms with Gasteiger partial charge in [0.2, 0.25) is 5.91 Å². The van der Waals surface area contributed by atoms with Gasteiger partial charge in [-0.3, -0.25) is 18.9 Å². The first-order valence-corrected chi connectivity index (χ1v) is 9.60. The topological polar surface area (TPSA) is 83.9 Å². The van der Waals surface area contributed by atoms with E-state index < -0.39 is 6.04 Å². The van der Waals surface area contributed by atoms with Gasteiger partial charge in [-0.2, -0.15) is 0 Å². The predicted molar refractivity (Wildman–Crippen MR) is 98.6 cm³/mol. The number of carbonyl (C=O) groups excluding carboxylic acids is 1. The van der Waals surface area contributed by atoms with Crippen molar-refractivity contribution in [3.05, 3.63) is 33.7 Å². The Balaban J connectivity index is 1.58. The zero-order chi connectivity index (χ0) is 18.0.